The number of aryl methyl sites for hydroxylation is 2. The fourth-order valence-electron chi connectivity index (χ4n) is 4.93. The van der Waals surface area contributed by atoms with Gasteiger partial charge in [-0.15, -0.1) is 0 Å². The molecule has 1 saturated carbocycles. The summed E-state index contributed by atoms with van der Waals surface area (Å²) in [5.41, 5.74) is 3.82. The van der Waals surface area contributed by atoms with Crippen LogP contribution in [-0.2, 0) is 11.3 Å². The number of hydrogen-bond donors (Lipinski definition) is 1. The normalized spacial score (nSPS) is 19.5. The summed E-state index contributed by atoms with van der Waals surface area (Å²) in [5, 5.41) is 3.02. The molecule has 0 unspecified atom stereocenters. The third-order valence-electron chi connectivity index (χ3n) is 7.16. The largest absolute Gasteiger partial charge is 0.496 e. The van der Waals surface area contributed by atoms with Crippen LogP contribution in [0.4, 0.5) is 10.5 Å². The summed E-state index contributed by atoms with van der Waals surface area (Å²) in [7, 11) is 5.62. The van der Waals surface area contributed by atoms with Crippen molar-refractivity contribution in [3.8, 4) is 17.2 Å². The van der Waals surface area contributed by atoms with E-state index in [-0.39, 0.29) is 24.0 Å². The van der Waals surface area contributed by atoms with E-state index in [1.165, 1.54) is 0 Å². The van der Waals surface area contributed by atoms with Gasteiger partial charge in [-0.3, -0.25) is 4.79 Å². The minimum absolute atomic E-state index is 0.0172. The van der Waals surface area contributed by atoms with Gasteiger partial charge in [-0.2, -0.15) is 0 Å². The van der Waals surface area contributed by atoms with Gasteiger partial charge in [0, 0.05) is 41.9 Å². The van der Waals surface area contributed by atoms with Gasteiger partial charge in [-0.25, -0.2) is 4.79 Å². The van der Waals surface area contributed by atoms with Crippen molar-refractivity contribution in [2.45, 2.75) is 52.1 Å². The van der Waals surface area contributed by atoms with Crippen LogP contribution < -0.4 is 19.5 Å². The zero-order valence-electron chi connectivity index (χ0n) is 21.9. The van der Waals surface area contributed by atoms with Gasteiger partial charge < -0.3 is 29.3 Å². The van der Waals surface area contributed by atoms with Crippen molar-refractivity contribution in [1.29, 1.82) is 0 Å². The van der Waals surface area contributed by atoms with E-state index in [1.807, 2.05) is 63.2 Å². The molecule has 1 aliphatic carbocycles. The number of anilines is 1. The fraction of sp³-hybridized carbons (Fsp3) is 0.500. The molecule has 2 aliphatic rings. The Morgan fingerprint density at radius 1 is 1.11 bits per heavy atom. The number of ether oxygens (including phenoxy) is 3. The standard InChI is InChI=1S/C28H37N3O5/c1-18-6-9-21(15-25(18)34-5)29-27(32)20-7-10-22(11-8-20)31-17-24-19(2)14-23(35-13-12-30(3)4)16-26(24)36-28(31)33/h6,9,14-16,20,22H,7-8,10-13,17H2,1-5H3,(H,29,32). The highest BCUT2D eigenvalue weighted by Gasteiger charge is 2.36. The topological polar surface area (TPSA) is 80.3 Å². The Hall–Kier alpha value is -3.26. The molecule has 0 bridgehead atoms. The Morgan fingerprint density at radius 3 is 2.56 bits per heavy atom. The number of amides is 2. The summed E-state index contributed by atoms with van der Waals surface area (Å²) in [4.78, 5) is 29.6. The second kappa shape index (κ2) is 11.2. The lowest BCUT2D eigenvalue weighted by molar-refractivity contribution is -0.121. The van der Waals surface area contributed by atoms with Crippen LogP contribution in [0, 0.1) is 19.8 Å². The van der Waals surface area contributed by atoms with E-state index < -0.39 is 0 Å². The van der Waals surface area contributed by atoms with Gasteiger partial charge in [0.25, 0.3) is 0 Å². The van der Waals surface area contributed by atoms with Crippen molar-refractivity contribution in [3.05, 3.63) is 47.0 Å². The molecule has 8 heteroatoms. The Kier molecular flexibility index (Phi) is 8.04. The number of nitrogens with zero attached hydrogens (tertiary/aromatic N) is 2. The minimum Gasteiger partial charge on any atom is -0.496 e. The lowest BCUT2D eigenvalue weighted by Gasteiger charge is -2.38. The Bertz CT molecular complexity index is 1110. The van der Waals surface area contributed by atoms with Crippen LogP contribution in [0.3, 0.4) is 0 Å². The first kappa shape index (κ1) is 25.8. The van der Waals surface area contributed by atoms with Crippen LogP contribution in [0.1, 0.15) is 42.4 Å². The van der Waals surface area contributed by atoms with Gasteiger partial charge in [0.2, 0.25) is 5.91 Å². The first-order valence-corrected chi connectivity index (χ1v) is 12.6. The van der Waals surface area contributed by atoms with Crippen molar-refractivity contribution in [2.75, 3.05) is 39.7 Å². The molecule has 194 valence electrons. The molecule has 36 heavy (non-hydrogen) atoms. The predicted octanol–water partition coefficient (Wildman–Crippen LogP) is 4.76. The smallest absolute Gasteiger partial charge is 0.415 e. The average molecular weight is 496 g/mol. The molecule has 0 radical (unpaired) electrons. The van der Waals surface area contributed by atoms with E-state index >= 15 is 0 Å². The molecule has 1 aliphatic heterocycles. The predicted molar refractivity (Wildman–Crippen MR) is 139 cm³/mol. The molecule has 1 heterocycles. The molecule has 2 aromatic carbocycles. The van der Waals surface area contributed by atoms with Crippen molar-refractivity contribution < 1.29 is 23.8 Å². The molecule has 8 nitrogen and oxygen atoms in total. The summed E-state index contributed by atoms with van der Waals surface area (Å²) in [6, 6.07) is 9.56. The summed E-state index contributed by atoms with van der Waals surface area (Å²) in [6.07, 6.45) is 2.67. The maximum atomic E-state index is 12.9. The van der Waals surface area contributed by atoms with E-state index in [4.69, 9.17) is 14.2 Å². The van der Waals surface area contributed by atoms with Crippen molar-refractivity contribution in [1.82, 2.24) is 9.80 Å². The summed E-state index contributed by atoms with van der Waals surface area (Å²) < 4.78 is 16.9. The monoisotopic (exact) mass is 495 g/mol. The fourth-order valence-corrected chi connectivity index (χ4v) is 4.93. The molecule has 1 fully saturated rings. The number of rotatable bonds is 8. The van der Waals surface area contributed by atoms with Crippen LogP contribution in [0.15, 0.2) is 30.3 Å². The molecule has 0 spiro atoms. The van der Waals surface area contributed by atoms with E-state index in [0.717, 1.165) is 60.4 Å². The second-order valence-electron chi connectivity index (χ2n) is 10.0. The van der Waals surface area contributed by atoms with E-state index in [1.54, 1.807) is 7.11 Å². The third kappa shape index (κ3) is 5.93. The number of hydrogen-bond acceptors (Lipinski definition) is 6. The summed E-state index contributed by atoms with van der Waals surface area (Å²) in [6.45, 7) is 5.89. The number of carbonyl (C=O) groups excluding carboxylic acids is 2. The van der Waals surface area contributed by atoms with Gasteiger partial charge in [0.1, 0.15) is 23.9 Å². The van der Waals surface area contributed by atoms with E-state index in [9.17, 15) is 9.59 Å². The van der Waals surface area contributed by atoms with Gasteiger partial charge in [-0.1, -0.05) is 6.07 Å². The average Bonchev–Trinajstić information content (AvgIpc) is 2.84. The number of nitrogens with one attached hydrogen (secondary N) is 1. The van der Waals surface area contributed by atoms with Crippen LogP contribution in [0.25, 0.3) is 0 Å². The quantitative estimate of drug-likeness (QED) is 0.569. The number of likely N-dealkylation sites (N-methyl/N-ethyl adjacent to an activating group) is 1. The maximum Gasteiger partial charge on any atom is 0.415 e. The second-order valence-corrected chi connectivity index (χ2v) is 10.0. The third-order valence-corrected chi connectivity index (χ3v) is 7.16. The molecule has 4 rings (SSSR count). The van der Waals surface area contributed by atoms with Gasteiger partial charge in [0.05, 0.1) is 13.7 Å². The Labute approximate surface area is 213 Å². The van der Waals surface area contributed by atoms with E-state index in [2.05, 4.69) is 10.2 Å². The summed E-state index contributed by atoms with van der Waals surface area (Å²) in [5.74, 6) is 1.99. The highest BCUT2D eigenvalue weighted by atomic mass is 16.6. The Morgan fingerprint density at radius 2 is 1.86 bits per heavy atom. The van der Waals surface area contributed by atoms with Gasteiger partial charge in [0.15, 0.2) is 0 Å². The van der Waals surface area contributed by atoms with Crippen molar-refractivity contribution in [2.24, 2.45) is 5.92 Å². The van der Waals surface area contributed by atoms with Crippen LogP contribution in [0.5, 0.6) is 17.2 Å². The van der Waals surface area contributed by atoms with Crippen molar-refractivity contribution >= 4 is 17.7 Å². The maximum absolute atomic E-state index is 12.9. The van der Waals surface area contributed by atoms with Crippen LogP contribution in [0.2, 0.25) is 0 Å². The molecular formula is C28H37N3O5. The van der Waals surface area contributed by atoms with Crippen molar-refractivity contribution in [3.63, 3.8) is 0 Å². The van der Waals surface area contributed by atoms with E-state index in [0.29, 0.717) is 24.7 Å². The first-order valence-electron chi connectivity index (χ1n) is 12.6. The van der Waals surface area contributed by atoms with Crippen LogP contribution in [-0.4, -0.2) is 62.2 Å². The SMILES string of the molecule is COc1cc(NC(=O)C2CCC(N3Cc4c(C)cc(OCCN(C)C)cc4OC3=O)CC2)ccc1C. The molecule has 1 N–H and O–H groups in total. The molecular weight excluding hydrogens is 458 g/mol. The molecule has 0 saturated heterocycles. The summed E-state index contributed by atoms with van der Waals surface area (Å²) >= 11 is 0. The molecule has 0 atom stereocenters. The van der Waals surface area contributed by atoms with Gasteiger partial charge in [-0.05, 0) is 76.9 Å². The molecule has 2 aromatic rings. The molecule has 2 amide bonds. The lowest BCUT2D eigenvalue weighted by Crippen LogP contribution is -2.46. The highest BCUT2D eigenvalue weighted by molar-refractivity contribution is 5.92. The number of carbonyl (C=O) groups is 2. The zero-order chi connectivity index (χ0) is 25.8. The van der Waals surface area contributed by atoms with Gasteiger partial charge >= 0.3 is 6.09 Å². The zero-order valence-corrected chi connectivity index (χ0v) is 21.9. The highest BCUT2D eigenvalue weighted by Crippen LogP contribution is 2.37. The lowest BCUT2D eigenvalue weighted by atomic mass is 9.84. The molecule has 0 aromatic heterocycles. The Balaban J connectivity index is 1.34. The first-order chi connectivity index (χ1) is 17.2. The number of fused-ring (bicyclic) bond motifs is 1. The van der Waals surface area contributed by atoms with Crippen LogP contribution >= 0.6 is 0 Å². The number of benzene rings is 2. The number of methoxy groups -OCH3 is 1. The minimum atomic E-state index is -0.327.